The van der Waals surface area contributed by atoms with E-state index in [1.165, 1.54) is 12.8 Å². The van der Waals surface area contributed by atoms with Gasteiger partial charge >= 0.3 is 0 Å². The van der Waals surface area contributed by atoms with Crippen molar-refractivity contribution in [1.82, 2.24) is 14.9 Å². The Bertz CT molecular complexity index is 1050. The maximum Gasteiger partial charge on any atom is 0.287 e. The van der Waals surface area contributed by atoms with E-state index in [4.69, 9.17) is 28.2 Å². The lowest BCUT2D eigenvalue weighted by Crippen LogP contribution is -2.28. The van der Waals surface area contributed by atoms with Crippen LogP contribution in [0.15, 0.2) is 53.1 Å². The average molecular weight is 472 g/mol. The molecule has 0 saturated carbocycles. The van der Waals surface area contributed by atoms with E-state index in [1.54, 1.807) is 0 Å². The Morgan fingerprint density at radius 2 is 1.84 bits per heavy atom. The Morgan fingerprint density at radius 1 is 1.09 bits per heavy atom. The van der Waals surface area contributed by atoms with Crippen LogP contribution in [0.5, 0.6) is 0 Å². The SMILES string of the molecule is CCCCCCNC(=O)c1nc(-c2ccc(Cl)cc2)c(C2=CCC=C(C)C=C2Cl)n1CC. The average Bonchev–Trinajstić information content (AvgIpc) is 3.07. The molecule has 3 rings (SSSR count). The molecule has 1 amide bonds. The molecule has 2 aromatic rings. The molecule has 1 aliphatic carbocycles. The van der Waals surface area contributed by atoms with Gasteiger partial charge in [0.05, 0.1) is 11.4 Å². The number of nitrogens with zero attached hydrogens (tertiary/aromatic N) is 2. The van der Waals surface area contributed by atoms with Crippen LogP contribution in [-0.2, 0) is 6.54 Å². The molecule has 32 heavy (non-hydrogen) atoms. The van der Waals surface area contributed by atoms with Crippen molar-refractivity contribution in [3.05, 3.63) is 69.6 Å². The van der Waals surface area contributed by atoms with Gasteiger partial charge in [0, 0.05) is 34.3 Å². The van der Waals surface area contributed by atoms with Gasteiger partial charge in [0.15, 0.2) is 5.82 Å². The van der Waals surface area contributed by atoms with Crippen molar-refractivity contribution in [3.63, 3.8) is 0 Å². The Balaban J connectivity index is 2.05. The summed E-state index contributed by atoms with van der Waals surface area (Å²) in [6, 6.07) is 7.53. The predicted octanol–water partition coefficient (Wildman–Crippen LogP) is 7.39. The number of halogens is 2. The van der Waals surface area contributed by atoms with Gasteiger partial charge in [-0.3, -0.25) is 4.79 Å². The van der Waals surface area contributed by atoms with E-state index in [1.807, 2.05) is 48.8 Å². The molecular formula is C26H31Cl2N3O. The summed E-state index contributed by atoms with van der Waals surface area (Å²) in [6.45, 7) is 7.48. The fourth-order valence-corrected chi connectivity index (χ4v) is 4.32. The minimum absolute atomic E-state index is 0.159. The molecule has 0 spiro atoms. The molecule has 0 bridgehead atoms. The smallest absolute Gasteiger partial charge is 0.287 e. The van der Waals surface area contributed by atoms with E-state index < -0.39 is 0 Å². The fourth-order valence-electron chi connectivity index (χ4n) is 3.86. The number of nitrogens with one attached hydrogen (secondary N) is 1. The summed E-state index contributed by atoms with van der Waals surface area (Å²) in [7, 11) is 0. The summed E-state index contributed by atoms with van der Waals surface area (Å²) in [6.07, 6.45) is 11.4. The molecule has 0 atom stereocenters. The van der Waals surface area contributed by atoms with Crippen LogP contribution < -0.4 is 5.32 Å². The number of imidazole rings is 1. The molecule has 6 heteroatoms. The van der Waals surface area contributed by atoms with Gasteiger partial charge in [-0.25, -0.2) is 4.98 Å². The molecule has 0 radical (unpaired) electrons. The van der Waals surface area contributed by atoms with Crippen LogP contribution in [0.3, 0.4) is 0 Å². The number of rotatable bonds is 9. The van der Waals surface area contributed by atoms with E-state index in [9.17, 15) is 4.79 Å². The minimum Gasteiger partial charge on any atom is -0.349 e. The lowest BCUT2D eigenvalue weighted by atomic mass is 10.0. The molecular weight excluding hydrogens is 441 g/mol. The number of hydrogen-bond donors (Lipinski definition) is 1. The number of unbranched alkanes of at least 4 members (excludes halogenated alkanes) is 3. The predicted molar refractivity (Wildman–Crippen MR) is 135 cm³/mol. The zero-order valence-corrected chi connectivity index (χ0v) is 20.6. The second-order valence-corrected chi connectivity index (χ2v) is 8.84. The van der Waals surface area contributed by atoms with E-state index >= 15 is 0 Å². The van der Waals surface area contributed by atoms with Crippen molar-refractivity contribution in [2.24, 2.45) is 0 Å². The summed E-state index contributed by atoms with van der Waals surface area (Å²) < 4.78 is 1.97. The minimum atomic E-state index is -0.159. The van der Waals surface area contributed by atoms with Crippen molar-refractivity contribution in [1.29, 1.82) is 0 Å². The quantitative estimate of drug-likeness (QED) is 0.387. The van der Waals surface area contributed by atoms with Gasteiger partial charge in [0.1, 0.15) is 0 Å². The fraction of sp³-hybridized carbons (Fsp3) is 0.385. The summed E-state index contributed by atoms with van der Waals surface area (Å²) in [4.78, 5) is 17.9. The molecule has 0 saturated heterocycles. The second-order valence-electron chi connectivity index (χ2n) is 7.99. The van der Waals surface area contributed by atoms with Gasteiger partial charge in [0.2, 0.25) is 0 Å². The number of hydrogen-bond acceptors (Lipinski definition) is 2. The second kappa shape index (κ2) is 11.5. The Labute approximate surface area is 201 Å². The third-order valence-corrected chi connectivity index (χ3v) is 6.11. The molecule has 1 heterocycles. The third-order valence-electron chi connectivity index (χ3n) is 5.55. The summed E-state index contributed by atoms with van der Waals surface area (Å²) in [5.74, 6) is 0.246. The number of carbonyl (C=O) groups is 1. The van der Waals surface area contributed by atoms with Crippen LogP contribution in [0.4, 0.5) is 0 Å². The first kappa shape index (κ1) is 24.3. The normalized spacial score (nSPS) is 13.8. The van der Waals surface area contributed by atoms with E-state index in [0.717, 1.165) is 47.4 Å². The zero-order valence-electron chi connectivity index (χ0n) is 19.0. The topological polar surface area (TPSA) is 46.9 Å². The standard InChI is InChI=1S/C26H31Cl2N3O/c1-4-6-7-8-16-29-26(32)25-30-23(19-12-14-20(27)15-13-19)24(31(25)5-2)21-11-9-10-18(3)17-22(21)28/h10-15,17H,4-9,16H2,1-3H3,(H,29,32). The lowest BCUT2D eigenvalue weighted by Gasteiger charge is -2.14. The molecule has 0 aliphatic heterocycles. The highest BCUT2D eigenvalue weighted by molar-refractivity contribution is 6.37. The zero-order chi connectivity index (χ0) is 23.1. The van der Waals surface area contributed by atoms with Crippen LogP contribution >= 0.6 is 23.2 Å². The molecule has 1 aliphatic rings. The van der Waals surface area contributed by atoms with Crippen molar-refractivity contribution >= 4 is 34.7 Å². The largest absolute Gasteiger partial charge is 0.349 e. The first-order valence-electron chi connectivity index (χ1n) is 11.4. The molecule has 0 fully saturated rings. The molecule has 4 nitrogen and oxygen atoms in total. The lowest BCUT2D eigenvalue weighted by molar-refractivity contribution is 0.0938. The highest BCUT2D eigenvalue weighted by Crippen LogP contribution is 2.37. The summed E-state index contributed by atoms with van der Waals surface area (Å²) >= 11 is 12.9. The van der Waals surface area contributed by atoms with Gasteiger partial charge in [0.25, 0.3) is 5.91 Å². The van der Waals surface area contributed by atoms with Crippen molar-refractivity contribution in [3.8, 4) is 11.3 Å². The van der Waals surface area contributed by atoms with Crippen LogP contribution in [-0.4, -0.2) is 22.0 Å². The van der Waals surface area contributed by atoms with Crippen LogP contribution in [0.2, 0.25) is 5.02 Å². The van der Waals surface area contributed by atoms with Crippen LogP contribution in [0.25, 0.3) is 16.8 Å². The Morgan fingerprint density at radius 3 is 2.53 bits per heavy atom. The molecule has 170 valence electrons. The first-order valence-corrected chi connectivity index (χ1v) is 12.1. The Kier molecular flexibility index (Phi) is 8.77. The molecule has 1 aromatic heterocycles. The molecule has 1 aromatic carbocycles. The highest BCUT2D eigenvalue weighted by Gasteiger charge is 2.26. The van der Waals surface area contributed by atoms with Gasteiger partial charge < -0.3 is 9.88 Å². The highest BCUT2D eigenvalue weighted by atomic mass is 35.5. The molecule has 1 N–H and O–H groups in total. The van der Waals surface area contributed by atoms with E-state index in [0.29, 0.717) is 29.0 Å². The number of carbonyl (C=O) groups excluding carboxylic acids is 1. The third kappa shape index (κ3) is 5.73. The van der Waals surface area contributed by atoms with Gasteiger partial charge in [-0.1, -0.05) is 79.2 Å². The van der Waals surface area contributed by atoms with Gasteiger partial charge in [-0.15, -0.1) is 0 Å². The Hall–Kier alpha value is -2.30. The summed E-state index contributed by atoms with van der Waals surface area (Å²) in [5.41, 5.74) is 4.49. The van der Waals surface area contributed by atoms with Crippen molar-refractivity contribution in [2.45, 2.75) is 59.4 Å². The maximum absolute atomic E-state index is 13.1. The van der Waals surface area contributed by atoms with Crippen molar-refractivity contribution in [2.75, 3.05) is 6.54 Å². The van der Waals surface area contributed by atoms with Gasteiger partial charge in [-0.05, 0) is 44.9 Å². The maximum atomic E-state index is 13.1. The van der Waals surface area contributed by atoms with Crippen LogP contribution in [0.1, 0.15) is 69.2 Å². The number of aromatic nitrogens is 2. The number of allylic oxidation sites excluding steroid dienone is 6. The monoisotopic (exact) mass is 471 g/mol. The van der Waals surface area contributed by atoms with Crippen LogP contribution in [0, 0.1) is 0 Å². The van der Waals surface area contributed by atoms with E-state index in [-0.39, 0.29) is 5.91 Å². The first-order chi connectivity index (χ1) is 15.5. The number of amides is 1. The van der Waals surface area contributed by atoms with Crippen molar-refractivity contribution < 1.29 is 4.79 Å². The van der Waals surface area contributed by atoms with Gasteiger partial charge in [-0.2, -0.15) is 0 Å². The van der Waals surface area contributed by atoms with E-state index in [2.05, 4.69) is 24.4 Å². The molecule has 0 unspecified atom stereocenters. The summed E-state index contributed by atoms with van der Waals surface area (Å²) in [5, 5.41) is 4.35. The number of benzene rings is 1.